The summed E-state index contributed by atoms with van der Waals surface area (Å²) in [7, 11) is 0. The summed E-state index contributed by atoms with van der Waals surface area (Å²) < 4.78 is 0. The second-order valence-corrected chi connectivity index (χ2v) is 11.7. The molecule has 0 amide bonds. The molecular formula is C37H39HfN3. The molecule has 0 bridgehead atoms. The molecular weight excluding hydrogens is 665 g/mol. The van der Waals surface area contributed by atoms with Crippen molar-refractivity contribution in [3.8, 4) is 11.3 Å². The van der Waals surface area contributed by atoms with Gasteiger partial charge in [-0.05, 0) is 77.6 Å². The smallest absolute Gasteiger partial charge is 0.0944 e. The second kappa shape index (κ2) is 12.7. The van der Waals surface area contributed by atoms with E-state index in [1.165, 1.54) is 39.9 Å². The Hall–Kier alpha value is -3.24. The minimum absolute atomic E-state index is 0. The first-order chi connectivity index (χ1) is 19.5. The molecule has 1 atom stereocenters. The molecule has 1 aromatic heterocycles. The fourth-order valence-electron chi connectivity index (χ4n) is 6.21. The number of anilines is 3. The number of hydrogen-bond donors (Lipinski definition) is 2. The molecule has 5 aromatic rings. The number of nitrogens with zero attached hydrogens (tertiary/aromatic N) is 1. The molecule has 0 saturated heterocycles. The predicted octanol–water partition coefficient (Wildman–Crippen LogP) is 10.4. The van der Waals surface area contributed by atoms with Crippen LogP contribution in [0.25, 0.3) is 22.2 Å². The molecule has 0 fully saturated rings. The zero-order valence-corrected chi connectivity index (χ0v) is 28.1. The first kappa shape index (κ1) is 29.3. The van der Waals surface area contributed by atoms with Crippen LogP contribution in [0.3, 0.4) is 0 Å². The maximum Gasteiger partial charge on any atom is 0.0944 e. The topological polar surface area (TPSA) is 37.0 Å². The number of nitrogens with one attached hydrogen (secondary N) is 2. The number of aromatic nitrogens is 1. The van der Waals surface area contributed by atoms with E-state index in [0.717, 1.165) is 40.8 Å². The SMILES string of the molecule is CC(C)c1cccc(C(C)C)c1Nc1cccc2ccc(-c3cccc4c3C(Nc3ccccc3)CCC4)nc12.[Hf]. The number of rotatable bonds is 7. The summed E-state index contributed by atoms with van der Waals surface area (Å²) in [5.41, 5.74) is 12.2. The summed E-state index contributed by atoms with van der Waals surface area (Å²) in [5, 5.41) is 8.82. The summed E-state index contributed by atoms with van der Waals surface area (Å²) >= 11 is 0. The van der Waals surface area contributed by atoms with Gasteiger partial charge in [0.1, 0.15) is 0 Å². The molecule has 206 valence electrons. The maximum absolute atomic E-state index is 5.35. The quantitative estimate of drug-likeness (QED) is 0.166. The zero-order chi connectivity index (χ0) is 27.6. The third-order valence-corrected chi connectivity index (χ3v) is 8.23. The van der Waals surface area contributed by atoms with E-state index < -0.39 is 0 Å². The summed E-state index contributed by atoms with van der Waals surface area (Å²) in [6.07, 6.45) is 3.41. The molecule has 0 saturated carbocycles. The fourth-order valence-corrected chi connectivity index (χ4v) is 6.21. The molecule has 0 aliphatic heterocycles. The van der Waals surface area contributed by atoms with Gasteiger partial charge >= 0.3 is 0 Å². The number of hydrogen-bond acceptors (Lipinski definition) is 3. The largest absolute Gasteiger partial charge is 0.378 e. The molecule has 4 heteroatoms. The van der Waals surface area contributed by atoms with Gasteiger partial charge in [-0.1, -0.05) is 100 Å². The number of aryl methyl sites for hydroxylation is 1. The van der Waals surface area contributed by atoms with Gasteiger partial charge in [0.05, 0.1) is 22.9 Å². The van der Waals surface area contributed by atoms with Crippen molar-refractivity contribution >= 4 is 28.0 Å². The molecule has 1 heterocycles. The van der Waals surface area contributed by atoms with Crippen molar-refractivity contribution in [2.45, 2.75) is 64.8 Å². The second-order valence-electron chi connectivity index (χ2n) is 11.7. The van der Waals surface area contributed by atoms with Crippen LogP contribution in [-0.4, -0.2) is 4.98 Å². The van der Waals surface area contributed by atoms with Gasteiger partial charge in [0.2, 0.25) is 0 Å². The Morgan fingerprint density at radius 2 is 1.44 bits per heavy atom. The molecule has 4 aromatic carbocycles. The van der Waals surface area contributed by atoms with Crippen molar-refractivity contribution in [3.63, 3.8) is 0 Å². The van der Waals surface area contributed by atoms with Gasteiger partial charge in [0.15, 0.2) is 0 Å². The Balaban J connectivity index is 0.00000337. The van der Waals surface area contributed by atoms with E-state index in [0.29, 0.717) is 11.8 Å². The van der Waals surface area contributed by atoms with Crippen LogP contribution in [0.1, 0.15) is 80.7 Å². The van der Waals surface area contributed by atoms with Gasteiger partial charge in [-0.2, -0.15) is 0 Å². The van der Waals surface area contributed by atoms with E-state index in [2.05, 4.69) is 135 Å². The molecule has 0 radical (unpaired) electrons. The minimum Gasteiger partial charge on any atom is -0.378 e. The van der Waals surface area contributed by atoms with Gasteiger partial charge in [0.25, 0.3) is 0 Å². The van der Waals surface area contributed by atoms with E-state index in [1.807, 2.05) is 0 Å². The standard InChI is InChI=1S/C37H39N3.Hf/c1-24(2)29-17-11-18-30(25(3)4)37(29)40-34-21-10-14-27-22-23-32(39-36(27)34)31-19-8-12-26-13-9-20-33(35(26)31)38-28-15-6-5-7-16-28;/h5-8,10-12,14-19,21-25,33,38,40H,9,13,20H2,1-4H3;. The Morgan fingerprint density at radius 1 is 0.732 bits per heavy atom. The van der Waals surface area contributed by atoms with Crippen molar-refractivity contribution in [2.75, 3.05) is 10.6 Å². The Bertz CT molecular complexity index is 1620. The van der Waals surface area contributed by atoms with Crippen molar-refractivity contribution < 1.29 is 25.8 Å². The average Bonchev–Trinajstić information content (AvgIpc) is 2.97. The van der Waals surface area contributed by atoms with Crippen LogP contribution in [0.2, 0.25) is 0 Å². The van der Waals surface area contributed by atoms with Crippen LogP contribution in [0, 0.1) is 0 Å². The van der Waals surface area contributed by atoms with Crippen LogP contribution >= 0.6 is 0 Å². The molecule has 2 N–H and O–H groups in total. The van der Waals surface area contributed by atoms with Gasteiger partial charge in [0, 0.05) is 48.2 Å². The summed E-state index contributed by atoms with van der Waals surface area (Å²) in [6.45, 7) is 9.07. The van der Waals surface area contributed by atoms with Crippen molar-refractivity contribution in [2.24, 2.45) is 0 Å². The normalized spacial score (nSPS) is 14.5. The molecule has 1 unspecified atom stereocenters. The summed E-state index contributed by atoms with van der Waals surface area (Å²) in [6, 6.07) is 35.1. The average molecular weight is 704 g/mol. The molecule has 41 heavy (non-hydrogen) atoms. The first-order valence-corrected chi connectivity index (χ1v) is 14.7. The minimum atomic E-state index is 0. The number of benzene rings is 4. The fraction of sp³-hybridized carbons (Fsp3) is 0.270. The summed E-state index contributed by atoms with van der Waals surface area (Å²) in [5.74, 6) is 0.842. The van der Waals surface area contributed by atoms with E-state index in [4.69, 9.17) is 4.98 Å². The Kier molecular flexibility index (Phi) is 9.09. The van der Waals surface area contributed by atoms with E-state index in [1.54, 1.807) is 0 Å². The van der Waals surface area contributed by atoms with Gasteiger partial charge in [-0.3, -0.25) is 0 Å². The summed E-state index contributed by atoms with van der Waals surface area (Å²) in [4.78, 5) is 5.35. The number of para-hydroxylation sites is 3. The van der Waals surface area contributed by atoms with Crippen molar-refractivity contribution in [3.05, 3.63) is 119 Å². The van der Waals surface area contributed by atoms with Crippen LogP contribution < -0.4 is 10.6 Å². The third-order valence-electron chi connectivity index (χ3n) is 8.23. The van der Waals surface area contributed by atoms with Gasteiger partial charge in [-0.15, -0.1) is 0 Å². The molecule has 6 rings (SSSR count). The monoisotopic (exact) mass is 705 g/mol. The number of fused-ring (bicyclic) bond motifs is 2. The maximum atomic E-state index is 5.35. The van der Waals surface area contributed by atoms with E-state index >= 15 is 0 Å². The number of pyridine rings is 1. The van der Waals surface area contributed by atoms with Gasteiger partial charge in [-0.25, -0.2) is 4.98 Å². The third kappa shape index (κ3) is 6.04. The molecule has 1 aliphatic carbocycles. The van der Waals surface area contributed by atoms with E-state index in [9.17, 15) is 0 Å². The zero-order valence-electron chi connectivity index (χ0n) is 24.5. The van der Waals surface area contributed by atoms with Crippen molar-refractivity contribution in [1.29, 1.82) is 0 Å². The van der Waals surface area contributed by atoms with Crippen LogP contribution in [0.4, 0.5) is 17.1 Å². The van der Waals surface area contributed by atoms with Crippen LogP contribution in [0.5, 0.6) is 0 Å². The molecule has 0 spiro atoms. The predicted molar refractivity (Wildman–Crippen MR) is 171 cm³/mol. The Morgan fingerprint density at radius 3 is 2.17 bits per heavy atom. The Labute approximate surface area is 263 Å². The van der Waals surface area contributed by atoms with Crippen LogP contribution in [-0.2, 0) is 32.3 Å². The van der Waals surface area contributed by atoms with Crippen molar-refractivity contribution in [1.82, 2.24) is 4.98 Å². The van der Waals surface area contributed by atoms with Gasteiger partial charge < -0.3 is 10.6 Å². The molecule has 1 aliphatic rings. The molecule has 3 nitrogen and oxygen atoms in total. The first-order valence-electron chi connectivity index (χ1n) is 14.7. The van der Waals surface area contributed by atoms with E-state index in [-0.39, 0.29) is 31.9 Å². The van der Waals surface area contributed by atoms with Crippen LogP contribution in [0.15, 0.2) is 97.1 Å².